The summed E-state index contributed by atoms with van der Waals surface area (Å²) in [5.74, 6) is -1.69. The van der Waals surface area contributed by atoms with Gasteiger partial charge in [-0.2, -0.15) is 0 Å². The zero-order valence-corrected chi connectivity index (χ0v) is 25.8. The quantitative estimate of drug-likeness (QED) is 0.334. The first-order valence-electron chi connectivity index (χ1n) is 15.3. The van der Waals surface area contributed by atoms with Gasteiger partial charge in [-0.15, -0.1) is 13.2 Å². The second kappa shape index (κ2) is 12.6. The van der Waals surface area contributed by atoms with Crippen LogP contribution in [0.5, 0.6) is 5.75 Å². The molecule has 3 amide bonds. The molecule has 1 N–H and O–H groups in total. The van der Waals surface area contributed by atoms with Gasteiger partial charge in [0.2, 0.25) is 17.7 Å². The molecule has 3 heterocycles. The van der Waals surface area contributed by atoms with Crippen LogP contribution in [-0.4, -0.2) is 88.3 Å². The van der Waals surface area contributed by atoms with Crippen LogP contribution in [0.3, 0.4) is 0 Å². The van der Waals surface area contributed by atoms with E-state index in [1.807, 2.05) is 58.9 Å². The molecule has 0 saturated carbocycles. The highest BCUT2D eigenvalue weighted by Crippen LogP contribution is 2.65. The number of aliphatic hydroxyl groups excluding tert-OH is 1. The normalized spacial score (nSPS) is 28.5. The monoisotopic (exact) mass is 581 g/mol. The van der Waals surface area contributed by atoms with Crippen LogP contribution in [0.1, 0.15) is 60.3 Å². The number of rotatable bonds is 14. The Hall–Kier alpha value is -3.17. The van der Waals surface area contributed by atoms with E-state index in [1.165, 1.54) is 0 Å². The van der Waals surface area contributed by atoms with Gasteiger partial charge in [-0.1, -0.05) is 26.0 Å². The van der Waals surface area contributed by atoms with Crippen LogP contribution in [-0.2, 0) is 19.1 Å². The predicted molar refractivity (Wildman–Crippen MR) is 162 cm³/mol. The number of fused-ring (bicyclic) bond motifs is 1. The molecule has 9 nitrogen and oxygen atoms in total. The third-order valence-corrected chi connectivity index (χ3v) is 9.46. The first-order valence-corrected chi connectivity index (χ1v) is 15.3. The van der Waals surface area contributed by atoms with E-state index in [4.69, 9.17) is 9.47 Å². The van der Waals surface area contributed by atoms with Crippen molar-refractivity contribution in [2.75, 3.05) is 31.2 Å². The number of aliphatic hydroxyl groups is 1. The van der Waals surface area contributed by atoms with Gasteiger partial charge in [0.05, 0.1) is 36.7 Å². The predicted octanol–water partition coefficient (Wildman–Crippen LogP) is 3.95. The Morgan fingerprint density at radius 1 is 1.12 bits per heavy atom. The SMILES string of the molecule is C=CCN(C(=O)[C@H]1[C@H]2C(=O)N([C@@H](CC)CO)C(C(=O)N(CC=C)C(C)C)C23CC[C@]1(CC)O3)c1ccc(OCC)cc1. The number of hydrogen-bond acceptors (Lipinski definition) is 6. The molecule has 2 bridgehead atoms. The molecule has 9 heteroatoms. The average molecular weight is 582 g/mol. The van der Waals surface area contributed by atoms with E-state index in [0.29, 0.717) is 50.3 Å². The Morgan fingerprint density at radius 3 is 2.31 bits per heavy atom. The fourth-order valence-corrected chi connectivity index (χ4v) is 7.48. The average Bonchev–Trinajstić information content (AvgIpc) is 3.59. The molecular formula is C33H47N3O6. The molecule has 230 valence electrons. The molecule has 42 heavy (non-hydrogen) atoms. The highest BCUT2D eigenvalue weighted by atomic mass is 16.5. The maximum absolute atomic E-state index is 14.7. The molecule has 2 unspecified atom stereocenters. The van der Waals surface area contributed by atoms with Crippen LogP contribution in [0, 0.1) is 11.8 Å². The van der Waals surface area contributed by atoms with Gasteiger partial charge < -0.3 is 29.3 Å². The van der Waals surface area contributed by atoms with E-state index in [0.717, 1.165) is 0 Å². The third-order valence-electron chi connectivity index (χ3n) is 9.46. The summed E-state index contributed by atoms with van der Waals surface area (Å²) in [6, 6.07) is 5.64. The van der Waals surface area contributed by atoms with E-state index >= 15 is 0 Å². The summed E-state index contributed by atoms with van der Waals surface area (Å²) < 4.78 is 12.5. The van der Waals surface area contributed by atoms with Crippen molar-refractivity contribution in [2.24, 2.45) is 11.8 Å². The number of nitrogens with zero attached hydrogens (tertiary/aromatic N) is 3. The molecule has 3 aliphatic heterocycles. The van der Waals surface area contributed by atoms with Crippen LogP contribution >= 0.6 is 0 Å². The van der Waals surface area contributed by atoms with Crippen LogP contribution in [0.15, 0.2) is 49.6 Å². The Morgan fingerprint density at radius 2 is 1.79 bits per heavy atom. The summed E-state index contributed by atoms with van der Waals surface area (Å²) in [6.45, 7) is 18.2. The topological polar surface area (TPSA) is 99.6 Å². The zero-order chi connectivity index (χ0) is 30.8. The molecule has 1 aromatic rings. The molecule has 1 aromatic carbocycles. The highest BCUT2D eigenvalue weighted by Gasteiger charge is 2.79. The maximum Gasteiger partial charge on any atom is 0.248 e. The number of benzene rings is 1. The van der Waals surface area contributed by atoms with E-state index < -0.39 is 35.1 Å². The fourth-order valence-electron chi connectivity index (χ4n) is 7.48. The van der Waals surface area contributed by atoms with Crippen molar-refractivity contribution in [1.82, 2.24) is 9.80 Å². The second-order valence-electron chi connectivity index (χ2n) is 11.9. The lowest BCUT2D eigenvalue weighted by molar-refractivity contribution is -0.157. The van der Waals surface area contributed by atoms with E-state index in [2.05, 4.69) is 13.2 Å². The van der Waals surface area contributed by atoms with Crippen LogP contribution < -0.4 is 9.64 Å². The molecule has 1 spiro atoms. The maximum atomic E-state index is 14.7. The van der Waals surface area contributed by atoms with Gasteiger partial charge >= 0.3 is 0 Å². The number of likely N-dealkylation sites (tertiary alicyclic amines) is 1. The minimum atomic E-state index is -1.17. The lowest BCUT2D eigenvalue weighted by atomic mass is 9.64. The van der Waals surface area contributed by atoms with Crippen molar-refractivity contribution >= 4 is 23.4 Å². The van der Waals surface area contributed by atoms with Crippen LogP contribution in [0.4, 0.5) is 5.69 Å². The van der Waals surface area contributed by atoms with Gasteiger partial charge in [0, 0.05) is 24.8 Å². The standard InChI is InChI=1S/C33H47N3O6/c1-8-19-34(22(6)7)31(40)28-33-18-17-32(11-4,42-33)26(27(33)30(39)36(28)23(10-3)21-37)29(38)35(20-9-2)24-13-15-25(16-14-24)41-12-5/h8-9,13-16,22-23,26-28,37H,1-2,10-12,17-21H2,3-7H3/t23-,26+,27-,28?,32-,33?/m0/s1. The first-order chi connectivity index (χ1) is 20.1. The van der Waals surface area contributed by atoms with Crippen LogP contribution in [0.25, 0.3) is 0 Å². The number of carbonyl (C=O) groups is 3. The summed E-state index contributed by atoms with van der Waals surface area (Å²) >= 11 is 0. The van der Waals surface area contributed by atoms with Gasteiger partial charge in [0.1, 0.15) is 17.4 Å². The largest absolute Gasteiger partial charge is 0.494 e. The van der Waals surface area contributed by atoms with Crippen molar-refractivity contribution in [1.29, 1.82) is 0 Å². The molecule has 3 aliphatic rings. The molecule has 3 saturated heterocycles. The molecule has 3 fully saturated rings. The molecular weight excluding hydrogens is 534 g/mol. The van der Waals surface area contributed by atoms with E-state index in [-0.39, 0.29) is 36.9 Å². The number of hydrogen-bond donors (Lipinski definition) is 1. The summed E-state index contributed by atoms with van der Waals surface area (Å²) in [5.41, 5.74) is -1.38. The van der Waals surface area contributed by atoms with Gasteiger partial charge in [-0.25, -0.2) is 0 Å². The summed E-state index contributed by atoms with van der Waals surface area (Å²) in [4.78, 5) is 48.5. The third kappa shape index (κ3) is 4.94. The van der Waals surface area contributed by atoms with Crippen LogP contribution in [0.2, 0.25) is 0 Å². The second-order valence-corrected chi connectivity index (χ2v) is 11.9. The van der Waals surface area contributed by atoms with Crippen molar-refractivity contribution in [3.63, 3.8) is 0 Å². The number of amides is 3. The van der Waals surface area contributed by atoms with E-state index in [9.17, 15) is 19.5 Å². The summed E-state index contributed by atoms with van der Waals surface area (Å²) in [7, 11) is 0. The van der Waals surface area contributed by atoms with Crippen molar-refractivity contribution in [3.8, 4) is 5.75 Å². The number of carbonyl (C=O) groups excluding carboxylic acids is 3. The molecule has 0 radical (unpaired) electrons. The number of ether oxygens (including phenoxy) is 2. The van der Waals surface area contributed by atoms with Gasteiger partial charge in [0.25, 0.3) is 0 Å². The molecule has 0 aromatic heterocycles. The molecule has 6 atom stereocenters. The minimum Gasteiger partial charge on any atom is -0.494 e. The smallest absolute Gasteiger partial charge is 0.248 e. The minimum absolute atomic E-state index is 0.143. The van der Waals surface area contributed by atoms with Crippen molar-refractivity contribution in [3.05, 3.63) is 49.6 Å². The Bertz CT molecular complexity index is 1180. The lowest BCUT2D eigenvalue weighted by Crippen LogP contribution is -2.59. The summed E-state index contributed by atoms with van der Waals surface area (Å²) in [6.07, 6.45) is 5.38. The van der Waals surface area contributed by atoms with Crippen molar-refractivity contribution in [2.45, 2.75) is 89.6 Å². The Balaban J connectivity index is 1.83. The van der Waals surface area contributed by atoms with E-state index in [1.54, 1.807) is 26.9 Å². The lowest BCUT2D eigenvalue weighted by Gasteiger charge is -2.40. The van der Waals surface area contributed by atoms with Gasteiger partial charge in [-0.05, 0) is 70.7 Å². The zero-order valence-electron chi connectivity index (χ0n) is 25.8. The Labute approximate surface area is 250 Å². The highest BCUT2D eigenvalue weighted by molar-refractivity contribution is 6.03. The number of anilines is 1. The first kappa shape index (κ1) is 31.8. The van der Waals surface area contributed by atoms with Gasteiger partial charge in [-0.3, -0.25) is 14.4 Å². The molecule has 0 aliphatic carbocycles. The summed E-state index contributed by atoms with van der Waals surface area (Å²) in [5, 5.41) is 10.4. The van der Waals surface area contributed by atoms with Crippen molar-refractivity contribution < 1.29 is 29.0 Å². The fraction of sp³-hybridized carbons (Fsp3) is 0.606. The molecule has 4 rings (SSSR count). The van der Waals surface area contributed by atoms with Gasteiger partial charge in [0.15, 0.2) is 0 Å². The Kier molecular flexibility index (Phi) is 9.52.